The number of aryl methyl sites for hydroxylation is 1. The Morgan fingerprint density at radius 3 is 2.76 bits per heavy atom. The molecule has 0 radical (unpaired) electrons. The molecule has 1 atom stereocenters. The Bertz CT molecular complexity index is 459. The smallest absolute Gasteiger partial charge is 0.0764 e. The summed E-state index contributed by atoms with van der Waals surface area (Å²) in [4.78, 5) is 2.74. The van der Waals surface area contributed by atoms with E-state index in [0.29, 0.717) is 11.6 Å². The molecule has 21 heavy (non-hydrogen) atoms. The van der Waals surface area contributed by atoms with Crippen molar-refractivity contribution in [3.8, 4) is 0 Å². The fourth-order valence-corrected chi connectivity index (χ4v) is 4.20. The van der Waals surface area contributed by atoms with Gasteiger partial charge in [0.25, 0.3) is 0 Å². The molecule has 2 heterocycles. The van der Waals surface area contributed by atoms with E-state index in [9.17, 15) is 0 Å². The van der Waals surface area contributed by atoms with Crippen LogP contribution >= 0.6 is 0 Å². The molecule has 2 fully saturated rings. The van der Waals surface area contributed by atoms with Crippen LogP contribution in [0.25, 0.3) is 0 Å². The molecule has 4 nitrogen and oxygen atoms in total. The van der Waals surface area contributed by atoms with Crippen LogP contribution in [0.1, 0.15) is 51.6 Å². The van der Waals surface area contributed by atoms with Gasteiger partial charge in [0.15, 0.2) is 0 Å². The number of aromatic nitrogens is 2. The molecule has 1 saturated carbocycles. The summed E-state index contributed by atoms with van der Waals surface area (Å²) in [6, 6.07) is 2.81. The first-order valence-corrected chi connectivity index (χ1v) is 8.54. The topological polar surface area (TPSA) is 33.1 Å². The van der Waals surface area contributed by atoms with Crippen molar-refractivity contribution in [1.82, 2.24) is 20.0 Å². The van der Waals surface area contributed by atoms with Crippen molar-refractivity contribution in [2.45, 2.75) is 64.1 Å². The molecule has 1 aliphatic carbocycles. The van der Waals surface area contributed by atoms with Gasteiger partial charge in [-0.2, -0.15) is 5.10 Å². The first-order chi connectivity index (χ1) is 10.1. The highest BCUT2D eigenvalue weighted by Crippen LogP contribution is 2.38. The van der Waals surface area contributed by atoms with E-state index in [4.69, 9.17) is 0 Å². The fraction of sp³-hybridized carbons (Fsp3) is 0.824. The standard InChI is InChI=1S/C17H30N4/c1-14(2)10-16-12-21(11-15-6-9-20(3)19-15)17(13-18-16)7-4-5-8-17/h6,9,14,16,18H,4-5,7-8,10-13H2,1-3H3. The van der Waals surface area contributed by atoms with E-state index >= 15 is 0 Å². The maximum Gasteiger partial charge on any atom is 0.0764 e. The van der Waals surface area contributed by atoms with Crippen molar-refractivity contribution >= 4 is 0 Å². The minimum absolute atomic E-state index is 0.394. The molecule has 1 aromatic rings. The van der Waals surface area contributed by atoms with Crippen LogP contribution in [-0.2, 0) is 13.6 Å². The normalized spacial score (nSPS) is 26.0. The highest BCUT2D eigenvalue weighted by atomic mass is 15.3. The molecule has 1 spiro atoms. The van der Waals surface area contributed by atoms with Gasteiger partial charge in [0, 0.05) is 44.5 Å². The third-order valence-electron chi connectivity index (χ3n) is 5.24. The zero-order valence-corrected chi connectivity index (χ0v) is 13.8. The van der Waals surface area contributed by atoms with Crippen LogP contribution in [0.5, 0.6) is 0 Å². The maximum absolute atomic E-state index is 4.60. The second kappa shape index (κ2) is 6.09. The number of nitrogens with one attached hydrogen (secondary N) is 1. The van der Waals surface area contributed by atoms with Gasteiger partial charge in [-0.05, 0) is 31.2 Å². The molecule has 1 aliphatic heterocycles. The molecule has 1 N–H and O–H groups in total. The predicted octanol–water partition coefficient (Wildman–Crippen LogP) is 2.55. The summed E-state index contributed by atoms with van der Waals surface area (Å²) in [5, 5.41) is 8.44. The summed E-state index contributed by atoms with van der Waals surface area (Å²) in [5.74, 6) is 0.761. The van der Waals surface area contributed by atoms with Gasteiger partial charge in [0.2, 0.25) is 0 Å². The summed E-state index contributed by atoms with van der Waals surface area (Å²) in [6.45, 7) is 8.00. The molecular formula is C17H30N4. The van der Waals surface area contributed by atoms with Crippen LogP contribution in [0.4, 0.5) is 0 Å². The SMILES string of the molecule is CC(C)CC1CN(Cc2ccn(C)n2)C2(CCCC2)CN1. The summed E-state index contributed by atoms with van der Waals surface area (Å²) < 4.78 is 1.92. The average molecular weight is 290 g/mol. The number of hydrogen-bond donors (Lipinski definition) is 1. The zero-order valence-electron chi connectivity index (χ0n) is 13.8. The van der Waals surface area contributed by atoms with Crippen molar-refractivity contribution < 1.29 is 0 Å². The molecule has 2 aliphatic rings. The lowest BCUT2D eigenvalue weighted by atomic mass is 9.89. The minimum Gasteiger partial charge on any atom is -0.311 e. The number of rotatable bonds is 4. The number of piperazine rings is 1. The molecule has 3 rings (SSSR count). The van der Waals surface area contributed by atoms with E-state index in [2.05, 4.69) is 41.4 Å². The van der Waals surface area contributed by atoms with Gasteiger partial charge in [-0.3, -0.25) is 9.58 Å². The Balaban J connectivity index is 1.73. The van der Waals surface area contributed by atoms with E-state index in [1.54, 1.807) is 0 Å². The number of hydrogen-bond acceptors (Lipinski definition) is 3. The third-order valence-corrected chi connectivity index (χ3v) is 5.24. The van der Waals surface area contributed by atoms with Gasteiger partial charge in [-0.15, -0.1) is 0 Å². The molecule has 4 heteroatoms. The van der Waals surface area contributed by atoms with Crippen LogP contribution in [0, 0.1) is 5.92 Å². The third kappa shape index (κ3) is 3.32. The van der Waals surface area contributed by atoms with Gasteiger partial charge < -0.3 is 5.32 Å². The maximum atomic E-state index is 4.60. The lowest BCUT2D eigenvalue weighted by Crippen LogP contribution is -2.63. The van der Waals surface area contributed by atoms with Gasteiger partial charge in [0.05, 0.1) is 5.69 Å². The Kier molecular flexibility index (Phi) is 4.36. The van der Waals surface area contributed by atoms with E-state index in [-0.39, 0.29) is 0 Å². The molecular weight excluding hydrogens is 260 g/mol. The van der Waals surface area contributed by atoms with E-state index < -0.39 is 0 Å². The Hall–Kier alpha value is -0.870. The molecule has 0 aromatic carbocycles. The molecule has 0 bridgehead atoms. The summed E-state index contributed by atoms with van der Waals surface area (Å²) in [5.41, 5.74) is 1.61. The van der Waals surface area contributed by atoms with Crippen LogP contribution in [-0.4, -0.2) is 39.4 Å². The van der Waals surface area contributed by atoms with Crippen molar-refractivity contribution in [2.75, 3.05) is 13.1 Å². The van der Waals surface area contributed by atoms with Gasteiger partial charge in [0.1, 0.15) is 0 Å². The van der Waals surface area contributed by atoms with E-state index in [1.807, 2.05) is 11.7 Å². The summed E-state index contributed by atoms with van der Waals surface area (Å²) >= 11 is 0. The van der Waals surface area contributed by atoms with E-state index in [1.165, 1.54) is 44.3 Å². The van der Waals surface area contributed by atoms with Crippen LogP contribution in [0.3, 0.4) is 0 Å². The Labute approximate surface area is 128 Å². The van der Waals surface area contributed by atoms with Gasteiger partial charge >= 0.3 is 0 Å². The number of nitrogens with zero attached hydrogens (tertiary/aromatic N) is 3. The van der Waals surface area contributed by atoms with Crippen LogP contribution in [0.2, 0.25) is 0 Å². The highest BCUT2D eigenvalue weighted by Gasteiger charge is 2.43. The van der Waals surface area contributed by atoms with E-state index in [0.717, 1.165) is 19.0 Å². The molecule has 0 amide bonds. The summed E-state index contributed by atoms with van der Waals surface area (Å²) in [6.07, 6.45) is 8.80. The first-order valence-electron chi connectivity index (χ1n) is 8.54. The zero-order chi connectivity index (χ0) is 14.9. The lowest BCUT2D eigenvalue weighted by molar-refractivity contribution is 0.0303. The quantitative estimate of drug-likeness (QED) is 0.925. The van der Waals surface area contributed by atoms with Crippen LogP contribution in [0.15, 0.2) is 12.3 Å². The van der Waals surface area contributed by atoms with Gasteiger partial charge in [-0.25, -0.2) is 0 Å². The molecule has 1 saturated heterocycles. The Morgan fingerprint density at radius 1 is 1.38 bits per heavy atom. The largest absolute Gasteiger partial charge is 0.311 e. The van der Waals surface area contributed by atoms with Crippen molar-refractivity contribution in [3.63, 3.8) is 0 Å². The van der Waals surface area contributed by atoms with Crippen molar-refractivity contribution in [1.29, 1.82) is 0 Å². The van der Waals surface area contributed by atoms with Gasteiger partial charge in [-0.1, -0.05) is 26.7 Å². The first kappa shape index (κ1) is 15.0. The average Bonchev–Trinajstić information content (AvgIpc) is 3.04. The highest BCUT2D eigenvalue weighted by molar-refractivity contribution is 5.06. The fourth-order valence-electron chi connectivity index (χ4n) is 4.20. The van der Waals surface area contributed by atoms with Crippen LogP contribution < -0.4 is 5.32 Å². The lowest BCUT2D eigenvalue weighted by Gasteiger charge is -2.48. The predicted molar refractivity (Wildman–Crippen MR) is 86.1 cm³/mol. The van der Waals surface area contributed by atoms with Crippen molar-refractivity contribution in [3.05, 3.63) is 18.0 Å². The molecule has 118 valence electrons. The molecule has 1 unspecified atom stereocenters. The monoisotopic (exact) mass is 290 g/mol. The Morgan fingerprint density at radius 2 is 2.14 bits per heavy atom. The second-order valence-electron chi connectivity index (χ2n) is 7.50. The molecule has 1 aromatic heterocycles. The second-order valence-corrected chi connectivity index (χ2v) is 7.50. The minimum atomic E-state index is 0.394. The van der Waals surface area contributed by atoms with Crippen molar-refractivity contribution in [2.24, 2.45) is 13.0 Å². The summed E-state index contributed by atoms with van der Waals surface area (Å²) in [7, 11) is 2.01.